The number of hydrogen-bond acceptors (Lipinski definition) is 4. The second-order valence-electron chi connectivity index (χ2n) is 6.07. The summed E-state index contributed by atoms with van der Waals surface area (Å²) in [4.78, 5) is 11.0. The predicted molar refractivity (Wildman–Crippen MR) is 102 cm³/mol. The number of carbonyl (C=O) groups is 1. The molecule has 2 aromatic carbocycles. The standard InChI is InChI=1S/C20H16ClF2NO2S/c1-12(25)2-3-13-8-17(22)20(18(23)9-13)26-10-15-11-27-24-19(15)14-4-6-16(21)7-5-14/h4-9,11H,2-3,10H2,1H3. The van der Waals surface area contributed by atoms with Crippen molar-refractivity contribution in [3.05, 3.63) is 69.6 Å². The molecule has 0 aliphatic heterocycles. The third-order valence-corrected chi connectivity index (χ3v) is 4.89. The van der Waals surface area contributed by atoms with Crippen LogP contribution in [0.2, 0.25) is 5.02 Å². The molecule has 0 N–H and O–H groups in total. The first-order valence-corrected chi connectivity index (χ1v) is 9.45. The highest BCUT2D eigenvalue weighted by atomic mass is 35.5. The topological polar surface area (TPSA) is 39.2 Å². The fourth-order valence-corrected chi connectivity index (χ4v) is 3.38. The lowest BCUT2D eigenvalue weighted by molar-refractivity contribution is -0.116. The van der Waals surface area contributed by atoms with Crippen LogP contribution in [0.4, 0.5) is 8.78 Å². The van der Waals surface area contributed by atoms with Gasteiger partial charge in [0.1, 0.15) is 12.4 Å². The van der Waals surface area contributed by atoms with Gasteiger partial charge in [0, 0.05) is 28.0 Å². The Morgan fingerprint density at radius 3 is 2.48 bits per heavy atom. The molecule has 1 heterocycles. The lowest BCUT2D eigenvalue weighted by Crippen LogP contribution is -2.02. The molecule has 0 atom stereocenters. The molecule has 0 bridgehead atoms. The van der Waals surface area contributed by atoms with Gasteiger partial charge in [-0.05, 0) is 54.7 Å². The van der Waals surface area contributed by atoms with E-state index in [-0.39, 0.29) is 18.8 Å². The molecule has 0 radical (unpaired) electrons. The number of aromatic nitrogens is 1. The summed E-state index contributed by atoms with van der Waals surface area (Å²) in [5.41, 5.74) is 2.68. The Morgan fingerprint density at radius 1 is 1.19 bits per heavy atom. The number of benzene rings is 2. The summed E-state index contributed by atoms with van der Waals surface area (Å²) in [5.74, 6) is -2.04. The maximum Gasteiger partial charge on any atom is 0.191 e. The summed E-state index contributed by atoms with van der Waals surface area (Å²) < 4.78 is 38.2. The van der Waals surface area contributed by atoms with E-state index in [1.807, 2.05) is 12.1 Å². The Morgan fingerprint density at radius 2 is 1.85 bits per heavy atom. The highest BCUT2D eigenvalue weighted by Gasteiger charge is 2.15. The van der Waals surface area contributed by atoms with Gasteiger partial charge in [-0.15, -0.1) is 0 Å². The molecule has 3 aromatic rings. The Bertz CT molecular complexity index is 934. The summed E-state index contributed by atoms with van der Waals surface area (Å²) in [5, 5.41) is 2.39. The smallest absolute Gasteiger partial charge is 0.191 e. The highest BCUT2D eigenvalue weighted by molar-refractivity contribution is 7.04. The zero-order valence-electron chi connectivity index (χ0n) is 14.5. The lowest BCUT2D eigenvalue weighted by atomic mass is 10.1. The third-order valence-electron chi connectivity index (χ3n) is 3.96. The number of carbonyl (C=O) groups excluding carboxylic acids is 1. The third kappa shape index (κ3) is 4.90. The monoisotopic (exact) mass is 407 g/mol. The second kappa shape index (κ2) is 8.59. The molecule has 0 spiro atoms. The molecular formula is C20H16ClF2NO2S. The van der Waals surface area contributed by atoms with Crippen molar-refractivity contribution < 1.29 is 18.3 Å². The first kappa shape index (κ1) is 19.5. The van der Waals surface area contributed by atoms with Crippen LogP contribution in [0.3, 0.4) is 0 Å². The molecular weight excluding hydrogens is 392 g/mol. The first-order valence-electron chi connectivity index (χ1n) is 8.23. The molecule has 1 aromatic heterocycles. The Hall–Kier alpha value is -2.31. The van der Waals surface area contributed by atoms with Crippen LogP contribution >= 0.6 is 23.1 Å². The maximum atomic E-state index is 14.3. The molecule has 0 saturated carbocycles. The van der Waals surface area contributed by atoms with Gasteiger partial charge in [-0.2, -0.15) is 4.37 Å². The molecule has 140 valence electrons. The zero-order chi connectivity index (χ0) is 19.4. The molecule has 0 fully saturated rings. The van der Waals surface area contributed by atoms with Gasteiger partial charge in [0.25, 0.3) is 0 Å². The molecule has 0 aliphatic rings. The van der Waals surface area contributed by atoms with Gasteiger partial charge in [-0.3, -0.25) is 0 Å². The summed E-state index contributed by atoms with van der Waals surface area (Å²) in [6, 6.07) is 9.55. The number of halogens is 3. The van der Waals surface area contributed by atoms with Crippen molar-refractivity contribution in [1.29, 1.82) is 0 Å². The minimum atomic E-state index is -0.787. The molecule has 0 amide bonds. The van der Waals surface area contributed by atoms with Crippen LogP contribution in [0.25, 0.3) is 11.3 Å². The number of nitrogens with zero attached hydrogens (tertiary/aromatic N) is 1. The number of rotatable bonds is 7. The molecule has 0 unspecified atom stereocenters. The summed E-state index contributed by atoms with van der Waals surface area (Å²) >= 11 is 7.13. The van der Waals surface area contributed by atoms with Crippen LogP contribution < -0.4 is 4.74 Å². The molecule has 7 heteroatoms. The summed E-state index contributed by atoms with van der Waals surface area (Å²) in [7, 11) is 0. The number of hydrogen-bond donors (Lipinski definition) is 0. The van der Waals surface area contributed by atoms with Gasteiger partial charge >= 0.3 is 0 Å². The van der Waals surface area contributed by atoms with E-state index in [1.165, 1.54) is 30.6 Å². The van der Waals surface area contributed by atoms with Crippen LogP contribution in [0.15, 0.2) is 41.8 Å². The number of Topliss-reactive ketones (excluding diaryl/α,β-unsaturated/α-hetero) is 1. The van der Waals surface area contributed by atoms with Gasteiger partial charge in [-0.1, -0.05) is 23.7 Å². The van der Waals surface area contributed by atoms with Crippen molar-refractivity contribution >= 4 is 28.9 Å². The van der Waals surface area contributed by atoms with Crippen LogP contribution in [0.1, 0.15) is 24.5 Å². The number of ether oxygens (including phenoxy) is 1. The number of ketones is 1. The average molecular weight is 408 g/mol. The van der Waals surface area contributed by atoms with Crippen molar-refractivity contribution in [2.24, 2.45) is 0 Å². The van der Waals surface area contributed by atoms with Gasteiger partial charge in [-0.25, -0.2) is 8.78 Å². The average Bonchev–Trinajstić information content (AvgIpc) is 3.08. The van der Waals surface area contributed by atoms with Crippen molar-refractivity contribution in [2.45, 2.75) is 26.4 Å². The highest BCUT2D eigenvalue weighted by Crippen LogP contribution is 2.29. The van der Waals surface area contributed by atoms with Crippen LogP contribution in [-0.2, 0) is 17.8 Å². The van der Waals surface area contributed by atoms with Crippen molar-refractivity contribution in [1.82, 2.24) is 4.37 Å². The predicted octanol–water partition coefficient (Wildman–Crippen LogP) is 5.84. The van der Waals surface area contributed by atoms with E-state index in [2.05, 4.69) is 4.37 Å². The van der Waals surface area contributed by atoms with E-state index >= 15 is 0 Å². The van der Waals surface area contributed by atoms with Gasteiger partial charge in [0.2, 0.25) is 0 Å². The SMILES string of the molecule is CC(=O)CCc1cc(F)c(OCc2csnc2-c2ccc(Cl)cc2)c(F)c1. The Labute approximate surface area is 164 Å². The second-order valence-corrected chi connectivity index (χ2v) is 7.14. The van der Waals surface area contributed by atoms with E-state index in [1.54, 1.807) is 17.5 Å². The summed E-state index contributed by atoms with van der Waals surface area (Å²) in [6.07, 6.45) is 0.530. The fourth-order valence-electron chi connectivity index (χ4n) is 2.57. The van der Waals surface area contributed by atoms with Gasteiger partial charge in [0.15, 0.2) is 17.4 Å². The van der Waals surface area contributed by atoms with Gasteiger partial charge < -0.3 is 9.53 Å². The van der Waals surface area contributed by atoms with Crippen molar-refractivity contribution in [3.8, 4) is 17.0 Å². The van der Waals surface area contributed by atoms with Crippen LogP contribution in [0.5, 0.6) is 5.75 Å². The van der Waals surface area contributed by atoms with E-state index in [4.69, 9.17) is 16.3 Å². The minimum absolute atomic E-state index is 0.0188. The van der Waals surface area contributed by atoms with E-state index < -0.39 is 17.4 Å². The molecule has 3 rings (SSSR count). The molecule has 0 saturated heterocycles. The largest absolute Gasteiger partial charge is 0.483 e. The van der Waals surface area contributed by atoms with E-state index in [0.717, 1.165) is 11.1 Å². The Balaban J connectivity index is 1.75. The lowest BCUT2D eigenvalue weighted by Gasteiger charge is -2.10. The fraction of sp³-hybridized carbons (Fsp3) is 0.200. The van der Waals surface area contributed by atoms with E-state index in [0.29, 0.717) is 22.7 Å². The summed E-state index contributed by atoms with van der Waals surface area (Å²) in [6.45, 7) is 1.42. The Kier molecular flexibility index (Phi) is 6.19. The quantitative estimate of drug-likeness (QED) is 0.493. The van der Waals surface area contributed by atoms with Crippen molar-refractivity contribution in [2.75, 3.05) is 0 Å². The molecule has 0 aliphatic carbocycles. The molecule has 27 heavy (non-hydrogen) atoms. The normalized spacial score (nSPS) is 10.8. The van der Waals surface area contributed by atoms with E-state index in [9.17, 15) is 13.6 Å². The first-order chi connectivity index (χ1) is 12.9. The van der Waals surface area contributed by atoms with Crippen LogP contribution in [-0.4, -0.2) is 10.2 Å². The maximum absolute atomic E-state index is 14.3. The minimum Gasteiger partial charge on any atom is -0.483 e. The number of aryl methyl sites for hydroxylation is 1. The van der Waals surface area contributed by atoms with Gasteiger partial charge in [0.05, 0.1) is 5.69 Å². The van der Waals surface area contributed by atoms with Crippen LogP contribution in [0, 0.1) is 11.6 Å². The van der Waals surface area contributed by atoms with Crippen molar-refractivity contribution in [3.63, 3.8) is 0 Å². The molecule has 3 nitrogen and oxygen atoms in total. The zero-order valence-corrected chi connectivity index (χ0v) is 16.0.